The molecule has 8 nitrogen and oxygen atoms in total. The maximum Gasteiger partial charge on any atom is 0.244 e. The topological polar surface area (TPSA) is 70.4 Å². The first-order valence-electron chi connectivity index (χ1n) is 11.3. The van der Waals surface area contributed by atoms with E-state index in [-0.39, 0.29) is 12.5 Å². The first kappa shape index (κ1) is 19.6. The highest BCUT2D eigenvalue weighted by atomic mass is 16.2. The van der Waals surface area contributed by atoms with Gasteiger partial charge >= 0.3 is 0 Å². The number of nitrogens with zero attached hydrogens (tertiary/aromatic N) is 7. The van der Waals surface area contributed by atoms with Gasteiger partial charge in [-0.05, 0) is 66.7 Å². The lowest BCUT2D eigenvalue weighted by Crippen LogP contribution is -2.53. The highest BCUT2D eigenvalue weighted by Crippen LogP contribution is 2.25. The van der Waals surface area contributed by atoms with Crippen LogP contribution in [0.4, 0.5) is 0 Å². The molecule has 30 heavy (non-hydrogen) atoms. The van der Waals surface area contributed by atoms with E-state index < -0.39 is 0 Å². The van der Waals surface area contributed by atoms with Crippen LogP contribution in [0.25, 0.3) is 0 Å². The van der Waals surface area contributed by atoms with Crippen LogP contribution in [0.1, 0.15) is 36.2 Å². The van der Waals surface area contributed by atoms with E-state index in [4.69, 9.17) is 0 Å². The Hall–Kier alpha value is -2.32. The fraction of sp³-hybridized carbons (Fsp3) is 0.636. The lowest BCUT2D eigenvalue weighted by atomic mass is 9.87. The van der Waals surface area contributed by atoms with Crippen molar-refractivity contribution in [1.82, 2.24) is 34.9 Å². The summed E-state index contributed by atoms with van der Waals surface area (Å²) in [7, 11) is 0. The first-order chi connectivity index (χ1) is 14.8. The summed E-state index contributed by atoms with van der Waals surface area (Å²) in [6, 6.07) is 9.43. The van der Waals surface area contributed by atoms with E-state index in [1.165, 1.54) is 36.8 Å². The molecule has 3 heterocycles. The molecule has 0 bridgehead atoms. The number of amides is 1. The van der Waals surface area contributed by atoms with Gasteiger partial charge in [-0.2, -0.15) is 0 Å². The van der Waals surface area contributed by atoms with Crippen LogP contribution in [-0.2, 0) is 30.7 Å². The number of likely N-dealkylation sites (tertiary alicyclic amines) is 1. The molecule has 0 saturated carbocycles. The van der Waals surface area contributed by atoms with Gasteiger partial charge in [0.1, 0.15) is 6.54 Å². The predicted octanol–water partition coefficient (Wildman–Crippen LogP) is 0.971. The third-order valence-corrected chi connectivity index (χ3v) is 6.96. The van der Waals surface area contributed by atoms with Crippen LogP contribution in [0.5, 0.6) is 0 Å². The Morgan fingerprint density at radius 1 is 1.00 bits per heavy atom. The molecule has 5 rings (SSSR count). The van der Waals surface area contributed by atoms with Gasteiger partial charge in [0, 0.05) is 32.2 Å². The van der Waals surface area contributed by atoms with E-state index >= 15 is 0 Å². The molecule has 1 amide bonds. The molecule has 160 valence electrons. The molecule has 1 atom stereocenters. The molecule has 1 unspecified atom stereocenters. The van der Waals surface area contributed by atoms with Gasteiger partial charge in [-0.25, -0.2) is 4.68 Å². The van der Waals surface area contributed by atoms with Gasteiger partial charge in [-0.1, -0.05) is 24.3 Å². The van der Waals surface area contributed by atoms with E-state index in [1.54, 1.807) is 4.68 Å². The Bertz CT molecular complexity index is 868. The molecule has 3 aliphatic rings. The van der Waals surface area contributed by atoms with Gasteiger partial charge in [0.05, 0.1) is 6.54 Å². The number of piperazine rings is 1. The number of tetrazole rings is 1. The molecule has 0 spiro atoms. The Morgan fingerprint density at radius 3 is 2.57 bits per heavy atom. The minimum Gasteiger partial charge on any atom is -0.339 e. The first-order valence-corrected chi connectivity index (χ1v) is 11.3. The zero-order valence-electron chi connectivity index (χ0n) is 17.6. The summed E-state index contributed by atoms with van der Waals surface area (Å²) in [5.74, 6) is 0.920. The van der Waals surface area contributed by atoms with E-state index in [0.717, 1.165) is 58.1 Å². The van der Waals surface area contributed by atoms with Gasteiger partial charge in [0.15, 0.2) is 5.82 Å². The quantitative estimate of drug-likeness (QED) is 0.733. The van der Waals surface area contributed by atoms with Crippen molar-refractivity contribution in [3.8, 4) is 0 Å². The van der Waals surface area contributed by atoms with Crippen LogP contribution >= 0.6 is 0 Å². The summed E-state index contributed by atoms with van der Waals surface area (Å²) < 4.78 is 1.69. The van der Waals surface area contributed by atoms with Gasteiger partial charge < -0.3 is 4.90 Å². The van der Waals surface area contributed by atoms with Crippen molar-refractivity contribution in [2.75, 3.05) is 39.3 Å². The molecular weight excluding hydrogens is 378 g/mol. The van der Waals surface area contributed by atoms with E-state index in [0.29, 0.717) is 6.04 Å². The summed E-state index contributed by atoms with van der Waals surface area (Å²) in [5, 5.41) is 12.0. The minimum atomic E-state index is 0.124. The lowest BCUT2D eigenvalue weighted by Gasteiger charge is -2.41. The molecule has 1 aliphatic carbocycles. The second-order valence-corrected chi connectivity index (χ2v) is 8.82. The van der Waals surface area contributed by atoms with Crippen molar-refractivity contribution in [2.45, 2.75) is 51.2 Å². The zero-order chi connectivity index (χ0) is 20.3. The molecule has 8 heteroatoms. The number of rotatable bonds is 5. The SMILES string of the molecule is O=C(Cn1nnnc1CN1CCCC1)N1CCN(C2CCc3ccccc3C2)CC1. The number of aryl methyl sites for hydroxylation is 1. The van der Waals surface area contributed by atoms with Gasteiger partial charge in [0.2, 0.25) is 5.91 Å². The normalized spacial score (nSPS) is 22.9. The number of carbonyl (C=O) groups excluding carboxylic acids is 1. The van der Waals surface area contributed by atoms with Crippen molar-refractivity contribution in [1.29, 1.82) is 0 Å². The Kier molecular flexibility index (Phi) is 5.77. The smallest absolute Gasteiger partial charge is 0.244 e. The average molecular weight is 410 g/mol. The molecule has 0 N–H and O–H groups in total. The maximum atomic E-state index is 12.9. The van der Waals surface area contributed by atoms with E-state index in [9.17, 15) is 4.79 Å². The van der Waals surface area contributed by atoms with Gasteiger partial charge in [-0.15, -0.1) is 5.10 Å². The largest absolute Gasteiger partial charge is 0.339 e. The Labute approximate surface area is 177 Å². The predicted molar refractivity (Wildman–Crippen MR) is 113 cm³/mol. The van der Waals surface area contributed by atoms with E-state index in [2.05, 4.69) is 49.6 Å². The van der Waals surface area contributed by atoms with Crippen molar-refractivity contribution in [3.63, 3.8) is 0 Å². The standard InChI is InChI=1S/C22H31N7O/c30-22(17-29-21(23-24-25-29)16-26-9-3-4-10-26)28-13-11-27(12-14-28)20-8-7-18-5-1-2-6-19(18)15-20/h1-2,5-6,20H,3-4,7-17H2. The highest BCUT2D eigenvalue weighted by molar-refractivity contribution is 5.76. The Balaban J connectivity index is 1.13. The second-order valence-electron chi connectivity index (χ2n) is 8.82. The lowest BCUT2D eigenvalue weighted by molar-refractivity contribution is -0.134. The third-order valence-electron chi connectivity index (χ3n) is 6.96. The van der Waals surface area contributed by atoms with Crippen LogP contribution in [-0.4, -0.2) is 86.1 Å². The van der Waals surface area contributed by atoms with Crippen LogP contribution in [0.15, 0.2) is 24.3 Å². The molecule has 2 saturated heterocycles. The number of aromatic nitrogens is 4. The molecule has 0 radical (unpaired) electrons. The minimum absolute atomic E-state index is 0.124. The average Bonchev–Trinajstić information content (AvgIpc) is 3.46. The molecule has 2 aliphatic heterocycles. The number of hydrogen-bond donors (Lipinski definition) is 0. The van der Waals surface area contributed by atoms with Crippen molar-refractivity contribution in [2.24, 2.45) is 0 Å². The molecule has 2 fully saturated rings. The van der Waals surface area contributed by atoms with E-state index in [1.807, 2.05) is 4.90 Å². The molecule has 1 aromatic heterocycles. The number of fused-ring (bicyclic) bond motifs is 1. The van der Waals surface area contributed by atoms with Crippen molar-refractivity contribution < 1.29 is 4.79 Å². The fourth-order valence-corrected chi connectivity index (χ4v) is 5.15. The number of hydrogen-bond acceptors (Lipinski definition) is 6. The van der Waals surface area contributed by atoms with Crippen LogP contribution in [0.2, 0.25) is 0 Å². The van der Waals surface area contributed by atoms with Gasteiger partial charge in [0.25, 0.3) is 0 Å². The molecule has 2 aromatic rings. The summed E-state index contributed by atoms with van der Waals surface area (Å²) in [5.41, 5.74) is 3.00. The monoisotopic (exact) mass is 409 g/mol. The fourth-order valence-electron chi connectivity index (χ4n) is 5.15. The van der Waals surface area contributed by atoms with Crippen molar-refractivity contribution >= 4 is 5.91 Å². The number of benzene rings is 1. The van der Waals surface area contributed by atoms with Crippen LogP contribution in [0, 0.1) is 0 Å². The summed E-state index contributed by atoms with van der Waals surface area (Å²) >= 11 is 0. The van der Waals surface area contributed by atoms with Crippen LogP contribution in [0.3, 0.4) is 0 Å². The Morgan fingerprint density at radius 2 is 1.77 bits per heavy atom. The molecular formula is C22H31N7O. The third kappa shape index (κ3) is 4.25. The molecule has 1 aromatic carbocycles. The maximum absolute atomic E-state index is 12.9. The summed E-state index contributed by atoms with van der Waals surface area (Å²) in [6.45, 7) is 6.65. The highest BCUT2D eigenvalue weighted by Gasteiger charge is 2.29. The summed E-state index contributed by atoms with van der Waals surface area (Å²) in [6.07, 6.45) is 5.98. The number of carbonyl (C=O) groups is 1. The zero-order valence-corrected chi connectivity index (χ0v) is 17.6. The van der Waals surface area contributed by atoms with Crippen LogP contribution < -0.4 is 0 Å². The van der Waals surface area contributed by atoms with Gasteiger partial charge in [-0.3, -0.25) is 14.6 Å². The van der Waals surface area contributed by atoms with Crippen molar-refractivity contribution in [3.05, 3.63) is 41.2 Å². The second kappa shape index (κ2) is 8.81. The summed E-state index contributed by atoms with van der Waals surface area (Å²) in [4.78, 5) is 19.8.